The number of ether oxygens (including phenoxy) is 2. The Morgan fingerprint density at radius 2 is 1.78 bits per heavy atom. The molecule has 1 N–H and O–H groups in total. The Labute approximate surface area is 163 Å². The molecule has 0 spiro atoms. The van der Waals surface area contributed by atoms with Crippen molar-refractivity contribution in [3.63, 3.8) is 0 Å². The Hall–Kier alpha value is -1.73. The Balaban J connectivity index is 1.92. The molecule has 0 aliphatic carbocycles. The van der Waals surface area contributed by atoms with Gasteiger partial charge in [-0.1, -0.05) is 12.1 Å². The Bertz CT molecular complexity index is 653. The number of alkyl carbamates (subject to hydrolysis) is 1. The van der Waals surface area contributed by atoms with Crippen LogP contribution >= 0.6 is 0 Å². The number of hydrogen-bond donors (Lipinski definition) is 1. The van der Waals surface area contributed by atoms with Gasteiger partial charge in [0.25, 0.3) is 0 Å². The summed E-state index contributed by atoms with van der Waals surface area (Å²) in [5, 5.41) is 2.76. The minimum absolute atomic E-state index is 0.194. The SMILES string of the molecule is CC(COc1cccc(B2OC(C)(C)C(C)(C)O2)c1)NC(=O)OC(C)(C)C. The molecular weight excluding hydrogens is 345 g/mol. The fourth-order valence-electron chi connectivity index (χ4n) is 2.50. The smallest absolute Gasteiger partial charge is 0.491 e. The van der Waals surface area contributed by atoms with E-state index in [0.717, 1.165) is 5.46 Å². The zero-order valence-corrected chi connectivity index (χ0v) is 17.7. The van der Waals surface area contributed by atoms with Crippen LogP contribution in [0.1, 0.15) is 55.4 Å². The Morgan fingerprint density at radius 1 is 1.19 bits per heavy atom. The molecule has 0 saturated carbocycles. The van der Waals surface area contributed by atoms with Crippen molar-refractivity contribution in [1.29, 1.82) is 0 Å². The molecule has 1 aromatic carbocycles. The monoisotopic (exact) mass is 377 g/mol. The second-order valence-electron chi connectivity index (χ2n) is 9.02. The molecular formula is C20H32BNO5. The van der Waals surface area contributed by atoms with Crippen LogP contribution in [-0.4, -0.2) is 42.7 Å². The maximum atomic E-state index is 11.8. The van der Waals surface area contributed by atoms with Crippen LogP contribution in [0.15, 0.2) is 24.3 Å². The lowest BCUT2D eigenvalue weighted by atomic mass is 9.79. The first-order valence-corrected chi connectivity index (χ1v) is 9.37. The molecule has 2 rings (SSSR count). The maximum Gasteiger partial charge on any atom is 0.494 e. The largest absolute Gasteiger partial charge is 0.494 e. The van der Waals surface area contributed by atoms with Crippen molar-refractivity contribution in [2.75, 3.05) is 6.61 Å². The first-order chi connectivity index (χ1) is 12.3. The number of nitrogens with one attached hydrogen (secondary N) is 1. The number of benzene rings is 1. The van der Waals surface area contributed by atoms with Crippen molar-refractivity contribution in [3.8, 4) is 5.75 Å². The van der Waals surface area contributed by atoms with Gasteiger partial charge < -0.3 is 24.1 Å². The highest BCUT2D eigenvalue weighted by molar-refractivity contribution is 6.62. The van der Waals surface area contributed by atoms with E-state index in [9.17, 15) is 4.79 Å². The molecule has 1 amide bonds. The van der Waals surface area contributed by atoms with Gasteiger partial charge in [0.05, 0.1) is 17.2 Å². The lowest BCUT2D eigenvalue weighted by Gasteiger charge is -2.32. The van der Waals surface area contributed by atoms with Gasteiger partial charge in [-0.25, -0.2) is 4.79 Å². The van der Waals surface area contributed by atoms with Crippen LogP contribution in [0.5, 0.6) is 5.75 Å². The predicted octanol–water partition coefficient (Wildman–Crippen LogP) is 3.28. The van der Waals surface area contributed by atoms with Crippen molar-refractivity contribution < 1.29 is 23.6 Å². The van der Waals surface area contributed by atoms with Gasteiger partial charge in [0.1, 0.15) is 18.0 Å². The minimum atomic E-state index is -0.526. The molecule has 7 heteroatoms. The second-order valence-corrected chi connectivity index (χ2v) is 9.02. The Morgan fingerprint density at radius 3 is 2.33 bits per heavy atom. The number of carbonyl (C=O) groups is 1. The first kappa shape index (κ1) is 21.6. The van der Waals surface area contributed by atoms with Gasteiger partial charge >= 0.3 is 13.2 Å². The molecule has 0 bridgehead atoms. The van der Waals surface area contributed by atoms with Crippen molar-refractivity contribution in [2.24, 2.45) is 0 Å². The van der Waals surface area contributed by atoms with E-state index in [2.05, 4.69) is 5.32 Å². The molecule has 1 unspecified atom stereocenters. The molecule has 1 aliphatic rings. The van der Waals surface area contributed by atoms with E-state index < -0.39 is 18.8 Å². The summed E-state index contributed by atoms with van der Waals surface area (Å²) in [6, 6.07) is 7.44. The third-order valence-electron chi connectivity index (χ3n) is 4.65. The average Bonchev–Trinajstić information content (AvgIpc) is 2.72. The maximum absolute atomic E-state index is 11.8. The van der Waals surface area contributed by atoms with Crippen molar-refractivity contribution >= 4 is 18.7 Å². The molecule has 27 heavy (non-hydrogen) atoms. The molecule has 1 heterocycles. The topological polar surface area (TPSA) is 66.0 Å². The molecule has 0 radical (unpaired) electrons. The van der Waals surface area contributed by atoms with Gasteiger partial charge in [-0.05, 0) is 73.0 Å². The van der Waals surface area contributed by atoms with E-state index in [1.54, 1.807) is 0 Å². The number of hydrogen-bond acceptors (Lipinski definition) is 5. The molecule has 1 atom stereocenters. The number of amides is 1. The van der Waals surface area contributed by atoms with Crippen molar-refractivity contribution in [3.05, 3.63) is 24.3 Å². The van der Waals surface area contributed by atoms with Gasteiger partial charge in [-0.2, -0.15) is 0 Å². The standard InChI is InChI=1S/C20H32BNO5/c1-14(22-17(23)25-18(2,3)4)13-24-16-11-9-10-15(12-16)21-26-19(5,6)20(7,8)27-21/h9-12,14H,13H2,1-8H3,(H,22,23). The molecule has 1 saturated heterocycles. The van der Waals surface area contributed by atoms with Gasteiger partial charge in [0.15, 0.2) is 0 Å². The van der Waals surface area contributed by atoms with Gasteiger partial charge in [0.2, 0.25) is 0 Å². The Kier molecular flexibility index (Phi) is 6.17. The molecule has 1 aliphatic heterocycles. The first-order valence-electron chi connectivity index (χ1n) is 9.37. The minimum Gasteiger partial charge on any atom is -0.491 e. The fourth-order valence-corrected chi connectivity index (χ4v) is 2.50. The molecule has 0 aromatic heterocycles. The van der Waals surface area contributed by atoms with Crippen LogP contribution in [0.3, 0.4) is 0 Å². The zero-order chi connectivity index (χ0) is 20.5. The quantitative estimate of drug-likeness (QED) is 0.798. The molecule has 6 nitrogen and oxygen atoms in total. The summed E-state index contributed by atoms with van der Waals surface area (Å²) in [5.74, 6) is 0.694. The summed E-state index contributed by atoms with van der Waals surface area (Å²) in [6.07, 6.45) is -0.454. The predicted molar refractivity (Wildman–Crippen MR) is 106 cm³/mol. The number of rotatable bonds is 5. The van der Waals surface area contributed by atoms with E-state index in [4.69, 9.17) is 18.8 Å². The van der Waals surface area contributed by atoms with Crippen molar-refractivity contribution in [2.45, 2.75) is 78.2 Å². The van der Waals surface area contributed by atoms with E-state index in [1.807, 2.05) is 79.7 Å². The van der Waals surface area contributed by atoms with Gasteiger partial charge in [-0.15, -0.1) is 0 Å². The lowest BCUT2D eigenvalue weighted by Crippen LogP contribution is -2.41. The van der Waals surface area contributed by atoms with Gasteiger partial charge in [0, 0.05) is 0 Å². The summed E-state index contributed by atoms with van der Waals surface area (Å²) in [7, 11) is -0.434. The normalized spacial score (nSPS) is 19.5. The van der Waals surface area contributed by atoms with E-state index in [-0.39, 0.29) is 17.2 Å². The highest BCUT2D eigenvalue weighted by Crippen LogP contribution is 2.36. The third kappa shape index (κ3) is 5.88. The van der Waals surface area contributed by atoms with Crippen LogP contribution in [0.4, 0.5) is 4.79 Å². The van der Waals surface area contributed by atoms with Crippen LogP contribution in [0.25, 0.3) is 0 Å². The van der Waals surface area contributed by atoms with Crippen LogP contribution in [-0.2, 0) is 14.0 Å². The second kappa shape index (κ2) is 7.72. The number of carbonyl (C=O) groups excluding carboxylic acids is 1. The van der Waals surface area contributed by atoms with E-state index in [0.29, 0.717) is 12.4 Å². The summed E-state index contributed by atoms with van der Waals surface area (Å²) in [6.45, 7) is 15.8. The summed E-state index contributed by atoms with van der Waals surface area (Å²) >= 11 is 0. The fraction of sp³-hybridized carbons (Fsp3) is 0.650. The van der Waals surface area contributed by atoms with Crippen LogP contribution in [0.2, 0.25) is 0 Å². The molecule has 1 fully saturated rings. The summed E-state index contributed by atoms with van der Waals surface area (Å²) in [5.41, 5.74) is -0.401. The van der Waals surface area contributed by atoms with Crippen molar-refractivity contribution in [1.82, 2.24) is 5.32 Å². The molecule has 1 aromatic rings. The third-order valence-corrected chi connectivity index (χ3v) is 4.65. The zero-order valence-electron chi connectivity index (χ0n) is 17.7. The molecule has 150 valence electrons. The lowest BCUT2D eigenvalue weighted by molar-refractivity contribution is 0.00578. The summed E-state index contributed by atoms with van der Waals surface area (Å²) < 4.78 is 23.2. The highest BCUT2D eigenvalue weighted by atomic mass is 16.7. The van der Waals surface area contributed by atoms with E-state index in [1.165, 1.54) is 0 Å². The summed E-state index contributed by atoms with van der Waals surface area (Å²) in [4.78, 5) is 11.8. The highest BCUT2D eigenvalue weighted by Gasteiger charge is 2.51. The average molecular weight is 377 g/mol. The van der Waals surface area contributed by atoms with Crippen LogP contribution in [0, 0.1) is 0 Å². The van der Waals surface area contributed by atoms with Gasteiger partial charge in [-0.3, -0.25) is 0 Å². The van der Waals surface area contributed by atoms with Crippen LogP contribution < -0.4 is 15.5 Å². The van der Waals surface area contributed by atoms with E-state index >= 15 is 0 Å².